The fourth-order valence-corrected chi connectivity index (χ4v) is 3.05. The Balaban J connectivity index is 2.32. The van der Waals surface area contributed by atoms with Crippen molar-refractivity contribution in [3.05, 3.63) is 27.3 Å². The molecule has 1 aliphatic rings. The molecule has 1 fully saturated rings. The van der Waals surface area contributed by atoms with Crippen LogP contribution in [-0.2, 0) is 6.42 Å². The molecule has 2 N–H and O–H groups in total. The lowest BCUT2D eigenvalue weighted by Gasteiger charge is -2.25. The smallest absolute Gasteiger partial charge is 0.122 e. The van der Waals surface area contributed by atoms with Crippen molar-refractivity contribution >= 4 is 11.6 Å². The number of hydrogen-bond acceptors (Lipinski definition) is 2. The quantitative estimate of drug-likeness (QED) is 0.859. The van der Waals surface area contributed by atoms with Crippen LogP contribution in [0.1, 0.15) is 35.1 Å². The first-order valence-corrected chi connectivity index (χ1v) is 7.08. The number of benzene rings is 1. The summed E-state index contributed by atoms with van der Waals surface area (Å²) in [6.07, 6.45) is 3.38. The first kappa shape index (κ1) is 13.7. The first-order valence-electron chi connectivity index (χ1n) is 6.70. The lowest BCUT2D eigenvalue weighted by molar-refractivity contribution is 0.368. The number of piperidine rings is 1. The molecular formula is C15H22ClNO. The monoisotopic (exact) mass is 267 g/mol. The molecular weight excluding hydrogens is 246 g/mol. The van der Waals surface area contributed by atoms with Crippen molar-refractivity contribution in [1.82, 2.24) is 5.32 Å². The highest BCUT2D eigenvalue weighted by Gasteiger charge is 2.20. The molecule has 100 valence electrons. The van der Waals surface area contributed by atoms with Gasteiger partial charge in [0.15, 0.2) is 0 Å². The molecule has 0 radical (unpaired) electrons. The van der Waals surface area contributed by atoms with Crippen LogP contribution < -0.4 is 5.32 Å². The van der Waals surface area contributed by atoms with Crippen LogP contribution in [0.2, 0.25) is 5.02 Å². The van der Waals surface area contributed by atoms with E-state index >= 15 is 0 Å². The van der Waals surface area contributed by atoms with E-state index in [4.69, 9.17) is 11.6 Å². The Kier molecular flexibility index (Phi) is 4.18. The zero-order valence-electron chi connectivity index (χ0n) is 11.4. The molecule has 3 heteroatoms. The Hall–Kier alpha value is -0.730. The molecule has 2 nitrogen and oxygen atoms in total. The Morgan fingerprint density at radius 3 is 2.56 bits per heavy atom. The van der Waals surface area contributed by atoms with E-state index in [1.807, 2.05) is 20.8 Å². The van der Waals surface area contributed by atoms with E-state index in [-0.39, 0.29) is 0 Å². The minimum absolute atomic E-state index is 0.444. The highest BCUT2D eigenvalue weighted by atomic mass is 35.5. The van der Waals surface area contributed by atoms with Crippen molar-refractivity contribution in [2.45, 2.75) is 40.0 Å². The van der Waals surface area contributed by atoms with Crippen molar-refractivity contribution in [2.24, 2.45) is 5.92 Å². The molecule has 1 aliphatic heterocycles. The third kappa shape index (κ3) is 2.50. The van der Waals surface area contributed by atoms with Gasteiger partial charge in [0.2, 0.25) is 0 Å². The van der Waals surface area contributed by atoms with Gasteiger partial charge in [0, 0.05) is 5.02 Å². The Morgan fingerprint density at radius 2 is 1.94 bits per heavy atom. The molecule has 1 unspecified atom stereocenters. The zero-order chi connectivity index (χ0) is 13.3. The third-order valence-electron chi connectivity index (χ3n) is 4.21. The van der Waals surface area contributed by atoms with Gasteiger partial charge in [0.05, 0.1) is 0 Å². The van der Waals surface area contributed by atoms with Crippen molar-refractivity contribution in [2.75, 3.05) is 13.1 Å². The predicted octanol–water partition coefficient (Wildman–Crippen LogP) is 3.51. The van der Waals surface area contributed by atoms with E-state index in [1.165, 1.54) is 12.8 Å². The summed E-state index contributed by atoms with van der Waals surface area (Å²) in [6, 6.07) is 0. The lowest BCUT2D eigenvalue weighted by atomic mass is 9.88. The van der Waals surface area contributed by atoms with Crippen LogP contribution in [0.5, 0.6) is 5.75 Å². The van der Waals surface area contributed by atoms with E-state index in [0.717, 1.165) is 46.8 Å². The minimum atomic E-state index is 0.444. The van der Waals surface area contributed by atoms with Crippen LogP contribution in [0.3, 0.4) is 0 Å². The molecule has 1 aromatic carbocycles. The average molecular weight is 268 g/mol. The van der Waals surface area contributed by atoms with Gasteiger partial charge in [-0.3, -0.25) is 0 Å². The highest BCUT2D eigenvalue weighted by Crippen LogP contribution is 2.36. The van der Waals surface area contributed by atoms with Crippen LogP contribution in [0.15, 0.2) is 0 Å². The van der Waals surface area contributed by atoms with Crippen LogP contribution in [0, 0.1) is 26.7 Å². The van der Waals surface area contributed by atoms with E-state index in [0.29, 0.717) is 11.7 Å². The largest absolute Gasteiger partial charge is 0.507 e. The molecule has 1 saturated heterocycles. The Labute approximate surface area is 114 Å². The summed E-state index contributed by atoms with van der Waals surface area (Å²) in [5, 5.41) is 14.6. The molecule has 0 spiro atoms. The maximum atomic E-state index is 10.3. The molecule has 0 aromatic heterocycles. The molecule has 1 aromatic rings. The minimum Gasteiger partial charge on any atom is -0.507 e. The van der Waals surface area contributed by atoms with Gasteiger partial charge >= 0.3 is 0 Å². The van der Waals surface area contributed by atoms with Crippen molar-refractivity contribution < 1.29 is 5.11 Å². The number of phenolic OH excluding ortho intramolecular Hbond substituents is 1. The third-order valence-corrected chi connectivity index (χ3v) is 4.77. The molecule has 2 rings (SSSR count). The molecule has 1 atom stereocenters. The summed E-state index contributed by atoms with van der Waals surface area (Å²) in [6.45, 7) is 8.09. The zero-order valence-corrected chi connectivity index (χ0v) is 12.2. The molecule has 18 heavy (non-hydrogen) atoms. The van der Waals surface area contributed by atoms with Gasteiger partial charge in [0.25, 0.3) is 0 Å². The van der Waals surface area contributed by atoms with Crippen LogP contribution in [-0.4, -0.2) is 18.2 Å². The van der Waals surface area contributed by atoms with Gasteiger partial charge in [-0.25, -0.2) is 0 Å². The van der Waals surface area contributed by atoms with Crippen LogP contribution in [0.25, 0.3) is 0 Å². The SMILES string of the molecule is Cc1c(C)c(Cl)c(C)c(CC2CCCNC2)c1O. The molecule has 0 bridgehead atoms. The molecule has 0 saturated carbocycles. The van der Waals surface area contributed by atoms with Crippen molar-refractivity contribution in [3.63, 3.8) is 0 Å². The topological polar surface area (TPSA) is 32.3 Å². The average Bonchev–Trinajstić information content (AvgIpc) is 2.40. The van der Waals surface area contributed by atoms with Gasteiger partial charge in [-0.2, -0.15) is 0 Å². The Bertz CT molecular complexity index is 421. The van der Waals surface area contributed by atoms with E-state index in [2.05, 4.69) is 5.32 Å². The normalized spacial score (nSPS) is 20.1. The second kappa shape index (κ2) is 5.50. The number of aromatic hydroxyl groups is 1. The summed E-state index contributed by atoms with van der Waals surface area (Å²) in [5.74, 6) is 1.06. The van der Waals surface area contributed by atoms with Gasteiger partial charge in [-0.1, -0.05) is 11.6 Å². The predicted molar refractivity (Wildman–Crippen MR) is 76.6 cm³/mol. The summed E-state index contributed by atoms with van der Waals surface area (Å²) in [5.41, 5.74) is 4.00. The molecule has 0 aliphatic carbocycles. The number of phenols is 1. The maximum Gasteiger partial charge on any atom is 0.122 e. The van der Waals surface area contributed by atoms with Crippen LogP contribution >= 0.6 is 11.6 Å². The molecule has 1 heterocycles. The Morgan fingerprint density at radius 1 is 1.22 bits per heavy atom. The fourth-order valence-electron chi connectivity index (χ4n) is 2.80. The summed E-state index contributed by atoms with van der Waals surface area (Å²) < 4.78 is 0. The second-order valence-electron chi connectivity index (χ2n) is 5.43. The van der Waals surface area contributed by atoms with Gasteiger partial charge in [-0.05, 0) is 81.3 Å². The molecule has 0 amide bonds. The number of halogens is 1. The maximum absolute atomic E-state index is 10.3. The van der Waals surface area contributed by atoms with E-state index < -0.39 is 0 Å². The summed E-state index contributed by atoms with van der Waals surface area (Å²) in [7, 11) is 0. The van der Waals surface area contributed by atoms with Crippen molar-refractivity contribution in [1.29, 1.82) is 0 Å². The second-order valence-corrected chi connectivity index (χ2v) is 5.81. The first-order chi connectivity index (χ1) is 8.52. The number of nitrogens with one attached hydrogen (secondary N) is 1. The van der Waals surface area contributed by atoms with Gasteiger partial charge in [0.1, 0.15) is 5.75 Å². The standard InChI is InChI=1S/C15H22ClNO/c1-9-10(2)15(18)13(11(3)14(9)16)7-12-5-4-6-17-8-12/h12,17-18H,4-8H2,1-3H3. The van der Waals surface area contributed by atoms with Gasteiger partial charge in [-0.15, -0.1) is 0 Å². The van der Waals surface area contributed by atoms with Gasteiger partial charge < -0.3 is 10.4 Å². The summed E-state index contributed by atoms with van der Waals surface area (Å²) >= 11 is 6.35. The fraction of sp³-hybridized carbons (Fsp3) is 0.600. The van der Waals surface area contributed by atoms with E-state index in [9.17, 15) is 5.11 Å². The lowest BCUT2D eigenvalue weighted by Crippen LogP contribution is -2.31. The number of rotatable bonds is 2. The van der Waals surface area contributed by atoms with Crippen LogP contribution in [0.4, 0.5) is 0 Å². The van der Waals surface area contributed by atoms with Crippen molar-refractivity contribution in [3.8, 4) is 5.75 Å². The number of hydrogen-bond donors (Lipinski definition) is 2. The highest BCUT2D eigenvalue weighted by molar-refractivity contribution is 6.32. The van der Waals surface area contributed by atoms with E-state index in [1.54, 1.807) is 0 Å². The summed E-state index contributed by atoms with van der Waals surface area (Å²) in [4.78, 5) is 0.